The van der Waals surface area contributed by atoms with Crippen LogP contribution in [0.3, 0.4) is 0 Å². The lowest BCUT2D eigenvalue weighted by molar-refractivity contribution is -0.127. The Morgan fingerprint density at radius 3 is 2.61 bits per heavy atom. The molecule has 1 aliphatic rings. The van der Waals surface area contributed by atoms with Gasteiger partial charge in [-0.2, -0.15) is 0 Å². The van der Waals surface area contributed by atoms with Gasteiger partial charge < -0.3 is 10.0 Å². The zero-order valence-corrected chi connectivity index (χ0v) is 10.7. The Kier molecular flexibility index (Phi) is 4.15. The highest BCUT2D eigenvalue weighted by atomic mass is 16.3. The molecule has 3 heteroatoms. The van der Waals surface area contributed by atoms with E-state index < -0.39 is 0 Å². The molecule has 0 aromatic heterocycles. The lowest BCUT2D eigenvalue weighted by Crippen LogP contribution is -2.34. The van der Waals surface area contributed by atoms with E-state index in [1.807, 2.05) is 37.3 Å². The molecule has 0 atom stereocenters. The summed E-state index contributed by atoms with van der Waals surface area (Å²) in [5.74, 6) is -0.00729. The topological polar surface area (TPSA) is 40.5 Å². The van der Waals surface area contributed by atoms with Crippen molar-refractivity contribution in [2.75, 3.05) is 13.2 Å². The van der Waals surface area contributed by atoms with Gasteiger partial charge in [0.1, 0.15) is 0 Å². The molecule has 1 fully saturated rings. The van der Waals surface area contributed by atoms with Crippen LogP contribution in [-0.4, -0.2) is 35.1 Å². The lowest BCUT2D eigenvalue weighted by Gasteiger charge is -2.19. The number of nitrogens with zero attached hydrogens (tertiary/aromatic N) is 1. The van der Waals surface area contributed by atoms with E-state index in [0.717, 1.165) is 18.4 Å². The quantitative estimate of drug-likeness (QED) is 0.806. The molecule has 0 aliphatic heterocycles. The molecule has 18 heavy (non-hydrogen) atoms. The molecule has 1 aromatic rings. The molecule has 1 saturated carbocycles. The molecule has 1 N–H and O–H groups in total. The van der Waals surface area contributed by atoms with Crippen LogP contribution in [-0.2, 0) is 4.79 Å². The van der Waals surface area contributed by atoms with E-state index in [0.29, 0.717) is 12.6 Å². The van der Waals surface area contributed by atoms with Crippen molar-refractivity contribution in [3.8, 4) is 0 Å². The molecule has 0 saturated heterocycles. The van der Waals surface area contributed by atoms with Crippen LogP contribution < -0.4 is 0 Å². The zero-order valence-electron chi connectivity index (χ0n) is 10.7. The number of aliphatic hydroxyl groups is 1. The third-order valence-electron chi connectivity index (χ3n) is 3.11. The van der Waals surface area contributed by atoms with Crippen molar-refractivity contribution < 1.29 is 9.90 Å². The molecule has 96 valence electrons. The first kappa shape index (κ1) is 12.8. The Morgan fingerprint density at radius 2 is 2.06 bits per heavy atom. The number of carbonyl (C=O) groups excluding carboxylic acids is 1. The van der Waals surface area contributed by atoms with Crippen LogP contribution in [0.4, 0.5) is 0 Å². The van der Waals surface area contributed by atoms with Gasteiger partial charge in [-0.3, -0.25) is 4.79 Å². The second-order valence-corrected chi connectivity index (χ2v) is 4.73. The van der Waals surface area contributed by atoms with Crippen LogP contribution in [0.5, 0.6) is 0 Å². The average molecular weight is 245 g/mol. The maximum Gasteiger partial charge on any atom is 0.246 e. The summed E-state index contributed by atoms with van der Waals surface area (Å²) >= 11 is 0. The number of rotatable bonds is 5. The first-order valence-electron chi connectivity index (χ1n) is 6.37. The van der Waals surface area contributed by atoms with E-state index in [9.17, 15) is 4.79 Å². The van der Waals surface area contributed by atoms with E-state index in [-0.39, 0.29) is 12.5 Å². The number of hydrogen-bond donors (Lipinski definition) is 1. The van der Waals surface area contributed by atoms with Gasteiger partial charge in [0.2, 0.25) is 5.91 Å². The van der Waals surface area contributed by atoms with Crippen LogP contribution >= 0.6 is 0 Å². The number of carbonyl (C=O) groups is 1. The third kappa shape index (κ3) is 3.44. The van der Waals surface area contributed by atoms with E-state index in [1.165, 1.54) is 5.56 Å². The number of benzene rings is 1. The largest absolute Gasteiger partial charge is 0.395 e. The number of amides is 1. The smallest absolute Gasteiger partial charge is 0.246 e. The normalized spacial score (nSPS) is 15.0. The Bertz CT molecular complexity index is 432. The maximum atomic E-state index is 12.0. The van der Waals surface area contributed by atoms with Crippen LogP contribution in [0.15, 0.2) is 30.3 Å². The van der Waals surface area contributed by atoms with Crippen molar-refractivity contribution in [2.45, 2.75) is 25.8 Å². The minimum Gasteiger partial charge on any atom is -0.395 e. The highest BCUT2D eigenvalue weighted by molar-refractivity contribution is 5.92. The van der Waals surface area contributed by atoms with Crippen LogP contribution in [0.1, 0.15) is 24.0 Å². The first-order valence-corrected chi connectivity index (χ1v) is 6.37. The fourth-order valence-corrected chi connectivity index (χ4v) is 1.91. The summed E-state index contributed by atoms with van der Waals surface area (Å²) < 4.78 is 0. The van der Waals surface area contributed by atoms with E-state index in [4.69, 9.17) is 5.11 Å². The fourth-order valence-electron chi connectivity index (χ4n) is 1.91. The minimum atomic E-state index is -0.00729. The number of aryl methyl sites for hydroxylation is 1. The van der Waals surface area contributed by atoms with Gasteiger partial charge in [-0.05, 0) is 31.4 Å². The minimum absolute atomic E-state index is 0.00729. The summed E-state index contributed by atoms with van der Waals surface area (Å²) in [5.41, 5.74) is 2.23. The summed E-state index contributed by atoms with van der Waals surface area (Å²) in [6.45, 7) is 2.50. The predicted molar refractivity (Wildman–Crippen MR) is 72.0 cm³/mol. The van der Waals surface area contributed by atoms with E-state index >= 15 is 0 Å². The van der Waals surface area contributed by atoms with Gasteiger partial charge in [0.25, 0.3) is 0 Å². The van der Waals surface area contributed by atoms with Gasteiger partial charge in [0.05, 0.1) is 6.61 Å². The van der Waals surface area contributed by atoms with Gasteiger partial charge in [-0.15, -0.1) is 0 Å². The Labute approximate surface area is 108 Å². The van der Waals surface area contributed by atoms with Gasteiger partial charge >= 0.3 is 0 Å². The van der Waals surface area contributed by atoms with Gasteiger partial charge in [-0.25, -0.2) is 0 Å². The molecule has 1 aromatic carbocycles. The van der Waals surface area contributed by atoms with E-state index in [1.54, 1.807) is 11.0 Å². The zero-order chi connectivity index (χ0) is 13.0. The monoisotopic (exact) mass is 245 g/mol. The molecule has 2 rings (SSSR count). The molecule has 1 aliphatic carbocycles. The highest BCUT2D eigenvalue weighted by Crippen LogP contribution is 2.26. The lowest BCUT2D eigenvalue weighted by atomic mass is 10.1. The SMILES string of the molecule is Cc1ccc(/C=C/C(=O)N(CCO)C2CC2)cc1. The van der Waals surface area contributed by atoms with Crippen molar-refractivity contribution in [1.82, 2.24) is 4.90 Å². The summed E-state index contributed by atoms with van der Waals surface area (Å²) in [4.78, 5) is 13.7. The number of hydrogen-bond acceptors (Lipinski definition) is 2. The summed E-state index contributed by atoms with van der Waals surface area (Å²) in [6, 6.07) is 8.37. The molecule has 3 nitrogen and oxygen atoms in total. The second kappa shape index (κ2) is 5.83. The van der Waals surface area contributed by atoms with Crippen molar-refractivity contribution >= 4 is 12.0 Å². The van der Waals surface area contributed by atoms with Crippen molar-refractivity contribution in [2.24, 2.45) is 0 Å². The number of aliphatic hydroxyl groups excluding tert-OH is 1. The average Bonchev–Trinajstić information content (AvgIpc) is 3.19. The summed E-state index contributed by atoms with van der Waals surface area (Å²) in [6.07, 6.45) is 5.54. The van der Waals surface area contributed by atoms with Gasteiger partial charge in [0.15, 0.2) is 0 Å². The maximum absolute atomic E-state index is 12.0. The standard InChI is InChI=1S/C15H19NO2/c1-12-2-4-13(5-3-12)6-9-15(18)16(10-11-17)14-7-8-14/h2-6,9,14,17H,7-8,10-11H2,1H3/b9-6+. The first-order chi connectivity index (χ1) is 8.70. The fraction of sp³-hybridized carbons (Fsp3) is 0.400. The highest BCUT2D eigenvalue weighted by Gasteiger charge is 2.30. The molecule has 0 spiro atoms. The Hall–Kier alpha value is -1.61. The molecule has 1 amide bonds. The van der Waals surface area contributed by atoms with Gasteiger partial charge in [-0.1, -0.05) is 29.8 Å². The summed E-state index contributed by atoms with van der Waals surface area (Å²) in [7, 11) is 0. The Morgan fingerprint density at radius 1 is 1.39 bits per heavy atom. The molecular weight excluding hydrogens is 226 g/mol. The van der Waals surface area contributed by atoms with Crippen molar-refractivity contribution in [3.05, 3.63) is 41.5 Å². The third-order valence-corrected chi connectivity index (χ3v) is 3.11. The van der Waals surface area contributed by atoms with Crippen LogP contribution in [0.2, 0.25) is 0 Å². The molecular formula is C15H19NO2. The summed E-state index contributed by atoms with van der Waals surface area (Å²) in [5, 5.41) is 8.96. The van der Waals surface area contributed by atoms with E-state index in [2.05, 4.69) is 0 Å². The predicted octanol–water partition coefficient (Wildman–Crippen LogP) is 1.99. The molecule has 0 bridgehead atoms. The molecule has 0 unspecified atom stereocenters. The second-order valence-electron chi connectivity index (χ2n) is 4.73. The van der Waals surface area contributed by atoms with Crippen molar-refractivity contribution in [1.29, 1.82) is 0 Å². The van der Waals surface area contributed by atoms with Gasteiger partial charge in [0, 0.05) is 18.7 Å². The van der Waals surface area contributed by atoms with Crippen LogP contribution in [0, 0.1) is 6.92 Å². The molecule has 0 heterocycles. The molecule has 0 radical (unpaired) electrons. The van der Waals surface area contributed by atoms with Crippen LogP contribution in [0.25, 0.3) is 6.08 Å². The Balaban J connectivity index is 1.98. The van der Waals surface area contributed by atoms with Crippen molar-refractivity contribution in [3.63, 3.8) is 0 Å².